The predicted octanol–water partition coefficient (Wildman–Crippen LogP) is 1.74. The summed E-state index contributed by atoms with van der Waals surface area (Å²) >= 11 is 0. The van der Waals surface area contributed by atoms with Crippen LogP contribution in [-0.2, 0) is 9.59 Å². The second-order valence-corrected chi connectivity index (χ2v) is 3.75. The van der Waals surface area contributed by atoms with E-state index in [1.165, 1.54) is 0 Å². The molecule has 2 atom stereocenters. The van der Waals surface area contributed by atoms with Crippen molar-refractivity contribution in [2.75, 3.05) is 0 Å². The van der Waals surface area contributed by atoms with Crippen molar-refractivity contribution >= 4 is 12.1 Å². The third kappa shape index (κ3) is 1.37. The average Bonchev–Trinajstić information content (AvgIpc) is 2.23. The molecule has 0 amide bonds. The van der Waals surface area contributed by atoms with Crippen LogP contribution in [0, 0.1) is 11.8 Å². The van der Waals surface area contributed by atoms with Gasteiger partial charge in [-0.1, -0.05) is 30.7 Å². The maximum absolute atomic E-state index is 11.4. The largest absolute Gasteiger partial charge is 0.294 e. The predicted molar refractivity (Wildman–Crippen MR) is 53.3 cm³/mol. The van der Waals surface area contributed by atoms with Crippen LogP contribution in [0.3, 0.4) is 0 Å². The fourth-order valence-electron chi connectivity index (χ4n) is 1.98. The standard InChI is InChI=1S/C12H11O2/c1-8-11-4-2-9(7-13)6-10(11)3-5-12(8)14/h2-5,8,10H,6H2,1H3. The number of rotatable bonds is 1. The molecule has 0 saturated carbocycles. The Morgan fingerprint density at radius 2 is 2.21 bits per heavy atom. The molecule has 0 fully saturated rings. The lowest BCUT2D eigenvalue weighted by Gasteiger charge is -2.27. The molecular formula is C12H11O2. The lowest BCUT2D eigenvalue weighted by Crippen LogP contribution is -2.23. The first-order chi connectivity index (χ1) is 6.72. The summed E-state index contributed by atoms with van der Waals surface area (Å²) in [6.45, 7) is 1.91. The molecule has 2 heteroatoms. The number of carbonyl (C=O) groups is 1. The molecule has 2 nitrogen and oxygen atoms in total. The number of allylic oxidation sites excluding steroid dienone is 6. The van der Waals surface area contributed by atoms with Gasteiger partial charge in [0.2, 0.25) is 6.29 Å². The highest BCUT2D eigenvalue weighted by Crippen LogP contribution is 2.34. The van der Waals surface area contributed by atoms with Crippen LogP contribution in [0.2, 0.25) is 0 Å². The van der Waals surface area contributed by atoms with Crippen LogP contribution in [0.15, 0.2) is 35.5 Å². The van der Waals surface area contributed by atoms with Gasteiger partial charge in [-0.3, -0.25) is 9.59 Å². The summed E-state index contributed by atoms with van der Waals surface area (Å²) in [6, 6.07) is 0. The fourth-order valence-corrected chi connectivity index (χ4v) is 1.98. The molecule has 71 valence electrons. The molecule has 0 saturated heterocycles. The topological polar surface area (TPSA) is 34.1 Å². The van der Waals surface area contributed by atoms with Gasteiger partial charge < -0.3 is 0 Å². The Hall–Kier alpha value is -1.44. The van der Waals surface area contributed by atoms with Crippen LogP contribution in [0.5, 0.6) is 0 Å². The lowest BCUT2D eigenvalue weighted by molar-refractivity contribution is -0.117. The van der Waals surface area contributed by atoms with E-state index in [-0.39, 0.29) is 17.6 Å². The van der Waals surface area contributed by atoms with Crippen molar-refractivity contribution in [3.63, 3.8) is 0 Å². The zero-order chi connectivity index (χ0) is 10.1. The highest BCUT2D eigenvalue weighted by molar-refractivity contribution is 5.95. The average molecular weight is 187 g/mol. The van der Waals surface area contributed by atoms with Crippen molar-refractivity contribution in [2.45, 2.75) is 13.3 Å². The normalized spacial score (nSPS) is 30.5. The van der Waals surface area contributed by atoms with Gasteiger partial charge in [0.25, 0.3) is 0 Å². The first kappa shape index (κ1) is 9.13. The Morgan fingerprint density at radius 1 is 1.43 bits per heavy atom. The third-order valence-electron chi connectivity index (χ3n) is 2.90. The summed E-state index contributed by atoms with van der Waals surface area (Å²) in [7, 11) is 0. The highest BCUT2D eigenvalue weighted by atomic mass is 16.1. The quantitative estimate of drug-likeness (QED) is 0.626. The monoisotopic (exact) mass is 187 g/mol. The second kappa shape index (κ2) is 3.37. The van der Waals surface area contributed by atoms with Crippen LogP contribution in [0.1, 0.15) is 13.3 Å². The zero-order valence-electron chi connectivity index (χ0n) is 7.99. The van der Waals surface area contributed by atoms with E-state index in [0.29, 0.717) is 12.0 Å². The first-order valence-electron chi connectivity index (χ1n) is 4.73. The van der Waals surface area contributed by atoms with Crippen molar-refractivity contribution in [2.24, 2.45) is 11.8 Å². The molecule has 0 aromatic rings. The molecule has 0 bridgehead atoms. The minimum absolute atomic E-state index is 0.0329. The molecule has 2 aliphatic carbocycles. The van der Waals surface area contributed by atoms with E-state index in [9.17, 15) is 9.59 Å². The fraction of sp³-hybridized carbons (Fsp3) is 0.333. The van der Waals surface area contributed by atoms with Gasteiger partial charge in [0.05, 0.1) is 0 Å². The summed E-state index contributed by atoms with van der Waals surface area (Å²) in [5, 5.41) is 0. The summed E-state index contributed by atoms with van der Waals surface area (Å²) < 4.78 is 0. The second-order valence-electron chi connectivity index (χ2n) is 3.75. The highest BCUT2D eigenvalue weighted by Gasteiger charge is 2.28. The van der Waals surface area contributed by atoms with Gasteiger partial charge in [-0.25, -0.2) is 0 Å². The molecule has 1 radical (unpaired) electrons. The molecule has 2 unspecified atom stereocenters. The van der Waals surface area contributed by atoms with Gasteiger partial charge in [0, 0.05) is 17.4 Å². The molecule has 0 spiro atoms. The van der Waals surface area contributed by atoms with E-state index in [4.69, 9.17) is 0 Å². The Kier molecular flexibility index (Phi) is 2.20. The maximum Gasteiger partial charge on any atom is 0.229 e. The van der Waals surface area contributed by atoms with Gasteiger partial charge >= 0.3 is 0 Å². The molecule has 14 heavy (non-hydrogen) atoms. The minimum Gasteiger partial charge on any atom is -0.294 e. The van der Waals surface area contributed by atoms with Crippen LogP contribution in [0.25, 0.3) is 0 Å². The molecule has 0 heterocycles. The van der Waals surface area contributed by atoms with E-state index in [1.807, 2.05) is 25.4 Å². The van der Waals surface area contributed by atoms with Crippen LogP contribution < -0.4 is 0 Å². The first-order valence-corrected chi connectivity index (χ1v) is 4.73. The lowest BCUT2D eigenvalue weighted by atomic mass is 9.76. The van der Waals surface area contributed by atoms with Gasteiger partial charge in [0.15, 0.2) is 5.78 Å². The van der Waals surface area contributed by atoms with Gasteiger partial charge in [-0.2, -0.15) is 0 Å². The molecule has 2 rings (SSSR count). The van der Waals surface area contributed by atoms with Gasteiger partial charge in [-0.15, -0.1) is 0 Å². The molecule has 0 aromatic carbocycles. The van der Waals surface area contributed by atoms with Gasteiger partial charge in [0.1, 0.15) is 0 Å². The Bertz CT molecular complexity index is 372. The van der Waals surface area contributed by atoms with Gasteiger partial charge in [-0.05, 0) is 12.5 Å². The summed E-state index contributed by atoms with van der Waals surface area (Å²) in [5.41, 5.74) is 1.81. The van der Waals surface area contributed by atoms with Crippen molar-refractivity contribution in [3.8, 4) is 0 Å². The van der Waals surface area contributed by atoms with Crippen LogP contribution in [-0.4, -0.2) is 12.1 Å². The molecule has 0 aromatic heterocycles. The Balaban J connectivity index is 2.36. The van der Waals surface area contributed by atoms with Crippen molar-refractivity contribution in [3.05, 3.63) is 35.5 Å². The minimum atomic E-state index is -0.0329. The number of fused-ring (bicyclic) bond motifs is 1. The Labute approximate surface area is 83.0 Å². The molecule has 2 aliphatic rings. The molecule has 0 aliphatic heterocycles. The van der Waals surface area contributed by atoms with E-state index in [1.54, 1.807) is 12.2 Å². The van der Waals surface area contributed by atoms with Crippen LogP contribution >= 0.6 is 0 Å². The van der Waals surface area contributed by atoms with Crippen molar-refractivity contribution < 1.29 is 9.59 Å². The summed E-state index contributed by atoms with van der Waals surface area (Å²) in [5.74, 6) is 0.345. The maximum atomic E-state index is 11.4. The van der Waals surface area contributed by atoms with E-state index < -0.39 is 0 Å². The smallest absolute Gasteiger partial charge is 0.229 e. The van der Waals surface area contributed by atoms with Crippen LogP contribution in [0.4, 0.5) is 0 Å². The number of carbonyl (C=O) groups excluding carboxylic acids is 2. The summed E-state index contributed by atoms with van der Waals surface area (Å²) in [6.07, 6.45) is 9.76. The zero-order valence-corrected chi connectivity index (χ0v) is 7.99. The molecule has 0 N–H and O–H groups in total. The van der Waals surface area contributed by atoms with Crippen molar-refractivity contribution in [1.29, 1.82) is 0 Å². The van der Waals surface area contributed by atoms with E-state index in [2.05, 4.69) is 0 Å². The van der Waals surface area contributed by atoms with Crippen molar-refractivity contribution in [1.82, 2.24) is 0 Å². The third-order valence-corrected chi connectivity index (χ3v) is 2.90. The number of hydrogen-bond donors (Lipinski definition) is 0. The Morgan fingerprint density at radius 3 is 2.93 bits per heavy atom. The number of hydrogen-bond acceptors (Lipinski definition) is 2. The van der Waals surface area contributed by atoms with E-state index >= 15 is 0 Å². The summed E-state index contributed by atoms with van der Waals surface area (Å²) in [4.78, 5) is 21.8. The number of ketones is 1. The van der Waals surface area contributed by atoms with E-state index in [0.717, 1.165) is 5.57 Å². The molecular weight excluding hydrogens is 176 g/mol. The SMILES string of the molecule is CC1C(=O)C=CC2CC([C]=O)=CC=C21.